The second-order valence-electron chi connectivity index (χ2n) is 15.9. The number of alkyl halides is 3. The van der Waals surface area contributed by atoms with Gasteiger partial charge in [-0.1, -0.05) is 62.2 Å². The monoisotopic (exact) mass is 801 g/mol. The molecule has 15 heteroatoms. The average Bonchev–Trinajstić information content (AvgIpc) is 3.01. The summed E-state index contributed by atoms with van der Waals surface area (Å²) in [5.41, 5.74) is -3.39. The molecule has 1 aromatic heterocycles. The number of halogens is 6. The van der Waals surface area contributed by atoms with Crippen molar-refractivity contribution < 1.29 is 41.1 Å². The fraction of sp³-hybridized carbons (Fsp3) is 0.553. The lowest BCUT2D eigenvalue weighted by Gasteiger charge is -2.42. The number of likely N-dealkylation sites (tertiary alicyclic amines) is 1. The molecule has 292 valence electrons. The van der Waals surface area contributed by atoms with Crippen LogP contribution in [0.2, 0.25) is 28.3 Å². The number of aryl methyl sites for hydroxylation is 1. The van der Waals surface area contributed by atoms with E-state index < -0.39 is 60.7 Å². The van der Waals surface area contributed by atoms with E-state index >= 15 is 4.39 Å². The van der Waals surface area contributed by atoms with Crippen LogP contribution in [0.3, 0.4) is 0 Å². The van der Waals surface area contributed by atoms with Crippen LogP contribution in [0.1, 0.15) is 89.2 Å². The van der Waals surface area contributed by atoms with Crippen LogP contribution in [0.5, 0.6) is 0 Å². The Hall–Kier alpha value is -3.13. The van der Waals surface area contributed by atoms with Crippen molar-refractivity contribution in [1.82, 2.24) is 9.88 Å². The molecule has 0 radical (unpaired) electrons. The Morgan fingerprint density at radius 1 is 1.09 bits per heavy atom. The summed E-state index contributed by atoms with van der Waals surface area (Å²) >= 11 is 13.3. The highest BCUT2D eigenvalue weighted by Gasteiger charge is 2.40. The van der Waals surface area contributed by atoms with Crippen LogP contribution < -0.4 is 5.32 Å². The molecule has 4 rings (SSSR count). The van der Waals surface area contributed by atoms with Gasteiger partial charge in [-0.15, -0.1) is 0 Å². The van der Waals surface area contributed by atoms with Gasteiger partial charge in [-0.05, 0) is 89.2 Å². The van der Waals surface area contributed by atoms with Gasteiger partial charge in [-0.3, -0.25) is 0 Å². The molecule has 1 saturated heterocycles. The van der Waals surface area contributed by atoms with E-state index in [1.165, 1.54) is 25.1 Å². The molecule has 8 nitrogen and oxygen atoms in total. The van der Waals surface area contributed by atoms with E-state index in [1.807, 2.05) is 0 Å². The van der Waals surface area contributed by atoms with Gasteiger partial charge in [-0.25, -0.2) is 19.0 Å². The number of carbonyl (C=O) groups excluding carboxylic acids is 2. The number of rotatable bonds is 9. The summed E-state index contributed by atoms with van der Waals surface area (Å²) in [6, 6.07) is 4.34. The van der Waals surface area contributed by atoms with Crippen LogP contribution in [0.15, 0.2) is 24.3 Å². The number of ether oxygens (including phenoxy) is 2. The number of hydrogen-bond donors (Lipinski definition) is 1. The molecule has 1 fully saturated rings. The van der Waals surface area contributed by atoms with Crippen molar-refractivity contribution in [1.29, 1.82) is 0 Å². The Morgan fingerprint density at radius 2 is 1.75 bits per heavy atom. The number of nitrogens with zero attached hydrogens (tertiary/aromatic N) is 2. The van der Waals surface area contributed by atoms with Crippen molar-refractivity contribution in [3.05, 3.63) is 56.9 Å². The standard InChI is InChI=1S/C38H49Cl2F4N3O5Si/c1-11-50-34(48)26-20-25-31(29(39)27(30(41)32(25)46-33(26)40)24-14-12-13-21(2)28(24)38(42,43)44)45-22-15-17-47(35(49)52-36(3,4)5)23(19-22)16-18-51-53(9,10)37(6,7)8/h12-14,20,22-23,45H,11,15-19H2,1-10H3/t22-,23+/m0/s1. The molecule has 53 heavy (non-hydrogen) atoms. The van der Waals surface area contributed by atoms with Gasteiger partial charge in [0, 0.05) is 36.2 Å². The molecule has 0 spiro atoms. The number of fused-ring (bicyclic) bond motifs is 1. The number of hydrogen-bond acceptors (Lipinski definition) is 7. The van der Waals surface area contributed by atoms with Gasteiger partial charge >= 0.3 is 18.2 Å². The first-order valence-corrected chi connectivity index (χ1v) is 21.3. The summed E-state index contributed by atoms with van der Waals surface area (Å²) in [6.45, 7) is 19.7. The zero-order valence-corrected chi connectivity index (χ0v) is 34.4. The number of aromatic nitrogens is 1. The third-order valence-electron chi connectivity index (χ3n) is 9.85. The molecule has 3 aromatic rings. The highest BCUT2D eigenvalue weighted by atomic mass is 35.5. The summed E-state index contributed by atoms with van der Waals surface area (Å²) in [6.07, 6.45) is -4.08. The van der Waals surface area contributed by atoms with Gasteiger partial charge in [-0.2, -0.15) is 13.2 Å². The van der Waals surface area contributed by atoms with Gasteiger partial charge < -0.3 is 24.1 Å². The molecular formula is C38H49Cl2F4N3O5Si. The van der Waals surface area contributed by atoms with E-state index in [2.05, 4.69) is 44.2 Å². The molecule has 2 heterocycles. The third kappa shape index (κ3) is 9.58. The maximum Gasteiger partial charge on any atom is 0.417 e. The number of anilines is 1. The fourth-order valence-corrected chi connectivity index (χ4v) is 7.79. The first kappa shape index (κ1) is 42.6. The number of piperidine rings is 1. The normalized spacial score (nSPS) is 17.2. The van der Waals surface area contributed by atoms with Crippen LogP contribution in [-0.4, -0.2) is 67.7 Å². The van der Waals surface area contributed by atoms with Crippen molar-refractivity contribution >= 4 is 60.2 Å². The molecule has 0 aliphatic carbocycles. The highest BCUT2D eigenvalue weighted by molar-refractivity contribution is 6.74. The van der Waals surface area contributed by atoms with E-state index in [1.54, 1.807) is 32.6 Å². The molecule has 2 atom stereocenters. The Balaban J connectivity index is 1.86. The minimum atomic E-state index is -4.84. The molecule has 1 aliphatic heterocycles. The lowest BCUT2D eigenvalue weighted by molar-refractivity contribution is -0.137. The van der Waals surface area contributed by atoms with E-state index in [4.69, 9.17) is 37.1 Å². The summed E-state index contributed by atoms with van der Waals surface area (Å²) in [5.74, 6) is -1.95. The van der Waals surface area contributed by atoms with E-state index in [9.17, 15) is 22.8 Å². The zero-order valence-electron chi connectivity index (χ0n) is 31.9. The van der Waals surface area contributed by atoms with Gasteiger partial charge in [0.2, 0.25) is 0 Å². The van der Waals surface area contributed by atoms with Crippen LogP contribution in [-0.2, 0) is 20.1 Å². The molecule has 0 saturated carbocycles. The van der Waals surface area contributed by atoms with Gasteiger partial charge in [0.05, 0.1) is 28.4 Å². The van der Waals surface area contributed by atoms with Crippen LogP contribution in [0.4, 0.5) is 28.0 Å². The van der Waals surface area contributed by atoms with Crippen molar-refractivity contribution in [3.8, 4) is 11.1 Å². The topological polar surface area (TPSA) is 90.0 Å². The molecule has 1 amide bonds. The highest BCUT2D eigenvalue weighted by Crippen LogP contribution is 2.48. The minimum absolute atomic E-state index is 0.0245. The first-order valence-electron chi connectivity index (χ1n) is 17.6. The van der Waals surface area contributed by atoms with Crippen molar-refractivity contribution in [2.24, 2.45) is 0 Å². The van der Waals surface area contributed by atoms with Crippen molar-refractivity contribution in [2.45, 2.75) is 117 Å². The maximum atomic E-state index is 16.6. The SMILES string of the molecule is CCOC(=O)c1cc2c(N[C@H]3CCN(C(=O)OC(C)(C)C)[C@H](CCO[Si](C)(C)C(C)(C)C)C3)c(Cl)c(-c3cccc(C)c3C(F)(F)F)c(F)c2nc1Cl. The second-order valence-corrected chi connectivity index (χ2v) is 21.5. The largest absolute Gasteiger partial charge is 0.462 e. The van der Waals surface area contributed by atoms with Gasteiger partial charge in [0.1, 0.15) is 16.3 Å². The van der Waals surface area contributed by atoms with Crippen molar-refractivity contribution in [3.63, 3.8) is 0 Å². The summed E-state index contributed by atoms with van der Waals surface area (Å²) < 4.78 is 77.4. The number of carbonyl (C=O) groups is 2. The van der Waals surface area contributed by atoms with Crippen molar-refractivity contribution in [2.75, 3.05) is 25.1 Å². The third-order valence-corrected chi connectivity index (χ3v) is 15.0. The Labute approximate surface area is 320 Å². The first-order chi connectivity index (χ1) is 24.4. The number of esters is 1. The average molecular weight is 803 g/mol. The number of nitrogens with one attached hydrogen (secondary N) is 1. The lowest BCUT2D eigenvalue weighted by atomic mass is 9.92. The fourth-order valence-electron chi connectivity index (χ4n) is 6.18. The number of pyridine rings is 1. The predicted octanol–water partition coefficient (Wildman–Crippen LogP) is 11.4. The molecule has 1 aliphatic rings. The summed E-state index contributed by atoms with van der Waals surface area (Å²) in [5, 5.41) is 2.63. The summed E-state index contributed by atoms with van der Waals surface area (Å²) in [7, 11) is -2.12. The Kier molecular flexibility index (Phi) is 12.8. The molecular weight excluding hydrogens is 753 g/mol. The minimum Gasteiger partial charge on any atom is -0.462 e. The quantitative estimate of drug-likeness (QED) is 0.0997. The molecule has 1 N–H and O–H groups in total. The lowest BCUT2D eigenvalue weighted by Crippen LogP contribution is -2.51. The second kappa shape index (κ2) is 15.9. The maximum absolute atomic E-state index is 16.6. The van der Waals surface area contributed by atoms with E-state index in [-0.39, 0.29) is 62.1 Å². The Bertz CT molecular complexity index is 1860. The Morgan fingerprint density at radius 3 is 2.34 bits per heavy atom. The molecule has 2 aromatic carbocycles. The molecule has 0 unspecified atom stereocenters. The number of benzene rings is 2. The van der Waals surface area contributed by atoms with E-state index in [0.717, 1.165) is 6.07 Å². The number of amides is 1. The van der Waals surface area contributed by atoms with Gasteiger partial charge in [0.15, 0.2) is 14.1 Å². The summed E-state index contributed by atoms with van der Waals surface area (Å²) in [4.78, 5) is 32.1. The predicted molar refractivity (Wildman–Crippen MR) is 204 cm³/mol. The van der Waals surface area contributed by atoms with Crippen LogP contribution >= 0.6 is 23.2 Å². The van der Waals surface area contributed by atoms with Gasteiger partial charge in [0.25, 0.3) is 0 Å². The van der Waals surface area contributed by atoms with Crippen LogP contribution in [0.25, 0.3) is 22.0 Å². The van der Waals surface area contributed by atoms with Crippen LogP contribution in [0, 0.1) is 12.7 Å². The van der Waals surface area contributed by atoms with E-state index in [0.29, 0.717) is 25.9 Å². The molecule has 0 bridgehead atoms. The zero-order chi connectivity index (χ0) is 39.8. The smallest absolute Gasteiger partial charge is 0.417 e.